The molecule has 164 valence electrons. The summed E-state index contributed by atoms with van der Waals surface area (Å²) in [6.07, 6.45) is 4.92. The molecule has 0 spiro atoms. The van der Waals surface area contributed by atoms with Gasteiger partial charge in [0.25, 0.3) is 0 Å². The van der Waals surface area contributed by atoms with Crippen molar-refractivity contribution < 1.29 is 19.5 Å². The van der Waals surface area contributed by atoms with E-state index in [9.17, 15) is 19.5 Å². The van der Waals surface area contributed by atoms with Gasteiger partial charge in [0.05, 0.1) is 6.04 Å². The van der Waals surface area contributed by atoms with E-state index in [1.54, 1.807) is 53.4 Å². The second kappa shape index (κ2) is 9.46. The maximum atomic E-state index is 12.8. The zero-order valence-electron chi connectivity index (χ0n) is 17.2. The van der Waals surface area contributed by atoms with Crippen molar-refractivity contribution in [1.29, 1.82) is 5.41 Å². The van der Waals surface area contributed by atoms with Gasteiger partial charge in [-0.25, -0.2) is 4.79 Å². The molecule has 3 rings (SSSR count). The van der Waals surface area contributed by atoms with Crippen LogP contribution in [0.2, 0.25) is 0 Å². The largest absolute Gasteiger partial charge is 0.480 e. The summed E-state index contributed by atoms with van der Waals surface area (Å²) in [6, 6.07) is 8.55. The summed E-state index contributed by atoms with van der Waals surface area (Å²) in [6.45, 7) is 1.82. The Morgan fingerprint density at radius 3 is 2.19 bits per heavy atom. The lowest BCUT2D eigenvalue weighted by Gasteiger charge is -2.36. The Morgan fingerprint density at radius 1 is 1.13 bits per heavy atom. The fourth-order valence-electron chi connectivity index (χ4n) is 3.83. The standard InChI is InChI=1S/C22H27N5O4/c1-2-17(18(22(30)31)27-11-3-4-12-27)26-21(29)16-10-9-15(16)20(28)25-14-7-5-13(6-8-14)19(23)24/h3-8,11-12,15-18H,2,9-10H2,1H3,(H3,23,24)(H,25,28)(H,26,29)(H,30,31). The molecule has 9 heteroatoms. The minimum Gasteiger partial charge on any atom is -0.480 e. The predicted octanol–water partition coefficient (Wildman–Crippen LogP) is 1.96. The van der Waals surface area contributed by atoms with E-state index in [2.05, 4.69) is 10.6 Å². The molecule has 1 fully saturated rings. The minimum absolute atomic E-state index is 0.0568. The average Bonchev–Trinajstić information content (AvgIpc) is 3.20. The van der Waals surface area contributed by atoms with E-state index in [0.29, 0.717) is 30.5 Å². The monoisotopic (exact) mass is 425 g/mol. The molecule has 1 aromatic carbocycles. The van der Waals surface area contributed by atoms with Gasteiger partial charge in [0.1, 0.15) is 5.84 Å². The molecule has 4 atom stereocenters. The SMILES string of the molecule is CCC(NC(=O)C1CCC1C(=O)Nc1ccc(C(=N)N)cc1)C(C(=O)O)n1cccc1. The third kappa shape index (κ3) is 4.93. The summed E-state index contributed by atoms with van der Waals surface area (Å²) in [5.74, 6) is -2.61. The number of carboxylic acids is 1. The number of nitrogen functional groups attached to an aromatic ring is 1. The number of carbonyl (C=O) groups is 3. The number of nitrogens with two attached hydrogens (primary N) is 1. The summed E-state index contributed by atoms with van der Waals surface area (Å²) < 4.78 is 1.56. The van der Waals surface area contributed by atoms with Crippen molar-refractivity contribution in [2.24, 2.45) is 17.6 Å². The zero-order chi connectivity index (χ0) is 22.5. The van der Waals surface area contributed by atoms with Gasteiger partial charge in [-0.3, -0.25) is 15.0 Å². The first kappa shape index (κ1) is 22.1. The molecule has 0 bridgehead atoms. The van der Waals surface area contributed by atoms with Gasteiger partial charge in [-0.2, -0.15) is 0 Å². The number of aliphatic carboxylic acids is 1. The van der Waals surface area contributed by atoms with Crippen LogP contribution in [-0.2, 0) is 14.4 Å². The molecular weight excluding hydrogens is 398 g/mol. The Labute approximate surface area is 180 Å². The predicted molar refractivity (Wildman–Crippen MR) is 116 cm³/mol. The zero-order valence-corrected chi connectivity index (χ0v) is 17.2. The number of hydrogen-bond donors (Lipinski definition) is 5. The molecule has 2 amide bonds. The first-order valence-electron chi connectivity index (χ1n) is 10.2. The number of nitrogens with zero attached hydrogens (tertiary/aromatic N) is 1. The number of amidine groups is 1. The highest BCUT2D eigenvalue weighted by molar-refractivity contribution is 5.98. The van der Waals surface area contributed by atoms with Crippen molar-refractivity contribution in [3.8, 4) is 0 Å². The van der Waals surface area contributed by atoms with Gasteiger partial charge in [0, 0.05) is 35.5 Å². The lowest BCUT2D eigenvalue weighted by atomic mass is 9.72. The Hall–Kier alpha value is -3.62. The Balaban J connectivity index is 1.63. The Morgan fingerprint density at radius 2 is 1.71 bits per heavy atom. The molecule has 0 saturated heterocycles. The number of carboxylic acid groups (broad SMARTS) is 1. The molecule has 6 N–H and O–H groups in total. The van der Waals surface area contributed by atoms with Crippen molar-refractivity contribution in [2.75, 3.05) is 5.32 Å². The molecule has 9 nitrogen and oxygen atoms in total. The smallest absolute Gasteiger partial charge is 0.328 e. The van der Waals surface area contributed by atoms with Crippen molar-refractivity contribution >= 4 is 29.3 Å². The van der Waals surface area contributed by atoms with Crippen LogP contribution < -0.4 is 16.4 Å². The second-order valence-electron chi connectivity index (χ2n) is 7.71. The van der Waals surface area contributed by atoms with Crippen LogP contribution in [0.4, 0.5) is 5.69 Å². The second-order valence-corrected chi connectivity index (χ2v) is 7.71. The Bertz CT molecular complexity index is 955. The summed E-state index contributed by atoms with van der Waals surface area (Å²) in [5, 5.41) is 22.7. The third-order valence-corrected chi connectivity index (χ3v) is 5.76. The van der Waals surface area contributed by atoms with Gasteiger partial charge >= 0.3 is 5.97 Å². The van der Waals surface area contributed by atoms with E-state index in [0.717, 1.165) is 0 Å². The first-order valence-corrected chi connectivity index (χ1v) is 10.2. The van der Waals surface area contributed by atoms with Gasteiger partial charge in [0.15, 0.2) is 6.04 Å². The summed E-state index contributed by atoms with van der Waals surface area (Å²) in [7, 11) is 0. The molecule has 4 unspecified atom stereocenters. The summed E-state index contributed by atoms with van der Waals surface area (Å²) >= 11 is 0. The van der Waals surface area contributed by atoms with E-state index in [4.69, 9.17) is 11.1 Å². The minimum atomic E-state index is -1.03. The number of nitrogens with one attached hydrogen (secondary N) is 3. The lowest BCUT2D eigenvalue weighted by Crippen LogP contribution is -2.51. The van der Waals surface area contributed by atoms with Crippen molar-refractivity contribution in [3.05, 3.63) is 54.4 Å². The third-order valence-electron chi connectivity index (χ3n) is 5.76. The number of hydrogen-bond acceptors (Lipinski definition) is 4. The number of benzene rings is 1. The normalized spacial score (nSPS) is 19.5. The van der Waals surface area contributed by atoms with E-state index in [-0.39, 0.29) is 17.6 Å². The number of rotatable bonds is 9. The molecule has 31 heavy (non-hydrogen) atoms. The molecule has 0 aliphatic heterocycles. The van der Waals surface area contributed by atoms with Gasteiger partial charge in [-0.15, -0.1) is 0 Å². The molecule has 2 aromatic rings. The maximum absolute atomic E-state index is 12.8. The van der Waals surface area contributed by atoms with Crippen LogP contribution in [0.15, 0.2) is 48.8 Å². The van der Waals surface area contributed by atoms with E-state index >= 15 is 0 Å². The molecule has 1 aliphatic rings. The molecule has 1 aliphatic carbocycles. The highest BCUT2D eigenvalue weighted by atomic mass is 16.4. The van der Waals surface area contributed by atoms with Crippen molar-refractivity contribution in [1.82, 2.24) is 9.88 Å². The quantitative estimate of drug-likeness (QED) is 0.307. The van der Waals surface area contributed by atoms with Gasteiger partial charge in [-0.1, -0.05) is 6.92 Å². The van der Waals surface area contributed by atoms with Crippen LogP contribution >= 0.6 is 0 Å². The van der Waals surface area contributed by atoms with Crippen LogP contribution in [-0.4, -0.2) is 39.3 Å². The fraction of sp³-hybridized carbons (Fsp3) is 0.364. The molecule has 1 aromatic heterocycles. The summed E-state index contributed by atoms with van der Waals surface area (Å²) in [4.78, 5) is 37.3. The highest BCUT2D eigenvalue weighted by Gasteiger charge is 2.42. The van der Waals surface area contributed by atoms with Crippen LogP contribution in [0.1, 0.15) is 37.8 Å². The average molecular weight is 425 g/mol. The van der Waals surface area contributed by atoms with Gasteiger partial charge in [-0.05, 0) is 55.7 Å². The van der Waals surface area contributed by atoms with Crippen LogP contribution in [0, 0.1) is 17.2 Å². The van der Waals surface area contributed by atoms with Gasteiger partial charge in [0.2, 0.25) is 11.8 Å². The molecule has 1 saturated carbocycles. The topological polar surface area (TPSA) is 150 Å². The lowest BCUT2D eigenvalue weighted by molar-refractivity contribution is -0.143. The van der Waals surface area contributed by atoms with E-state index in [1.165, 1.54) is 0 Å². The van der Waals surface area contributed by atoms with Gasteiger partial charge < -0.3 is 26.0 Å². The molecule has 0 radical (unpaired) electrons. The number of amides is 2. The number of aromatic nitrogens is 1. The Kier molecular flexibility index (Phi) is 6.74. The molecular formula is C22H27N5O4. The maximum Gasteiger partial charge on any atom is 0.328 e. The van der Waals surface area contributed by atoms with Crippen LogP contribution in [0.5, 0.6) is 0 Å². The number of anilines is 1. The molecule has 1 heterocycles. The first-order chi connectivity index (χ1) is 14.8. The van der Waals surface area contributed by atoms with Crippen molar-refractivity contribution in [3.63, 3.8) is 0 Å². The number of carbonyl (C=O) groups excluding carboxylic acids is 2. The van der Waals surface area contributed by atoms with E-state index < -0.39 is 29.9 Å². The van der Waals surface area contributed by atoms with Crippen LogP contribution in [0.3, 0.4) is 0 Å². The summed E-state index contributed by atoms with van der Waals surface area (Å²) in [5.41, 5.74) is 6.55. The van der Waals surface area contributed by atoms with Crippen LogP contribution in [0.25, 0.3) is 0 Å². The highest BCUT2D eigenvalue weighted by Crippen LogP contribution is 2.36. The van der Waals surface area contributed by atoms with E-state index in [1.807, 2.05) is 6.92 Å². The van der Waals surface area contributed by atoms with Crippen molar-refractivity contribution in [2.45, 2.75) is 38.3 Å². The fourth-order valence-corrected chi connectivity index (χ4v) is 3.83.